The summed E-state index contributed by atoms with van der Waals surface area (Å²) in [7, 11) is 8.22. The first-order valence-electron chi connectivity index (χ1n) is 8.34. The Bertz CT molecular complexity index is 347. The summed E-state index contributed by atoms with van der Waals surface area (Å²) >= 11 is 0. The highest BCUT2D eigenvalue weighted by molar-refractivity contribution is 5.82. The lowest BCUT2D eigenvalue weighted by molar-refractivity contribution is -0.137. The number of likely N-dealkylation sites (N-methyl/N-ethyl adjacent to an activating group) is 3. The van der Waals surface area contributed by atoms with Crippen molar-refractivity contribution >= 4 is 5.91 Å². The van der Waals surface area contributed by atoms with Gasteiger partial charge in [-0.05, 0) is 59.8 Å². The SMILES string of the molecule is CNC1CCC2CCCC2N(CN(C)CCN(C)C)C1=O. The van der Waals surface area contributed by atoms with Crippen LogP contribution in [0.1, 0.15) is 32.1 Å². The Morgan fingerprint density at radius 1 is 1.14 bits per heavy atom. The van der Waals surface area contributed by atoms with Gasteiger partial charge in [0.1, 0.15) is 0 Å². The average Bonchev–Trinajstić information content (AvgIpc) is 2.86. The molecule has 2 aliphatic rings. The van der Waals surface area contributed by atoms with Crippen molar-refractivity contribution in [1.82, 2.24) is 20.0 Å². The topological polar surface area (TPSA) is 38.8 Å². The molecular weight excluding hydrogens is 264 g/mol. The minimum atomic E-state index is 0.0119. The van der Waals surface area contributed by atoms with E-state index < -0.39 is 0 Å². The van der Waals surface area contributed by atoms with Crippen LogP contribution in [0.25, 0.3) is 0 Å². The van der Waals surface area contributed by atoms with Crippen LogP contribution in [-0.4, -0.2) is 80.6 Å². The van der Waals surface area contributed by atoms with E-state index in [1.807, 2.05) is 7.05 Å². The van der Waals surface area contributed by atoms with Crippen LogP contribution in [0, 0.1) is 5.92 Å². The highest BCUT2D eigenvalue weighted by Gasteiger charge is 2.40. The molecule has 0 spiro atoms. The Kier molecular flexibility index (Phi) is 6.02. The fourth-order valence-corrected chi connectivity index (χ4v) is 3.78. The predicted molar refractivity (Wildman–Crippen MR) is 86.1 cm³/mol. The third-order valence-electron chi connectivity index (χ3n) is 5.10. The van der Waals surface area contributed by atoms with Crippen LogP contribution in [0.3, 0.4) is 0 Å². The van der Waals surface area contributed by atoms with Gasteiger partial charge in [-0.15, -0.1) is 0 Å². The lowest BCUT2D eigenvalue weighted by Crippen LogP contribution is -2.52. The molecule has 1 heterocycles. The molecule has 3 unspecified atom stereocenters. The number of hydrogen-bond acceptors (Lipinski definition) is 4. The largest absolute Gasteiger partial charge is 0.325 e. The van der Waals surface area contributed by atoms with E-state index in [2.05, 4.69) is 41.2 Å². The number of nitrogens with one attached hydrogen (secondary N) is 1. The van der Waals surface area contributed by atoms with Crippen LogP contribution in [0.15, 0.2) is 0 Å². The molecule has 122 valence electrons. The van der Waals surface area contributed by atoms with Gasteiger partial charge in [0.25, 0.3) is 0 Å². The standard InChI is InChI=1S/C16H32N4O/c1-17-14-9-8-13-6-5-7-15(13)20(16(14)21)12-19(4)11-10-18(2)3/h13-15,17H,5-12H2,1-4H3. The first-order valence-corrected chi connectivity index (χ1v) is 8.34. The Morgan fingerprint density at radius 3 is 2.57 bits per heavy atom. The van der Waals surface area contributed by atoms with Gasteiger partial charge in [-0.1, -0.05) is 6.42 Å². The van der Waals surface area contributed by atoms with Gasteiger partial charge in [-0.3, -0.25) is 9.69 Å². The van der Waals surface area contributed by atoms with E-state index in [1.54, 1.807) is 0 Å². The van der Waals surface area contributed by atoms with Crippen molar-refractivity contribution in [2.75, 3.05) is 47.9 Å². The zero-order valence-electron chi connectivity index (χ0n) is 14.1. The summed E-state index contributed by atoms with van der Waals surface area (Å²) in [6.07, 6.45) is 5.96. The molecule has 2 rings (SSSR count). The molecule has 0 aromatic rings. The molecule has 0 radical (unpaired) electrons. The minimum Gasteiger partial charge on any atom is -0.325 e. The highest BCUT2D eigenvalue weighted by atomic mass is 16.2. The molecule has 0 bridgehead atoms. The fraction of sp³-hybridized carbons (Fsp3) is 0.938. The summed E-state index contributed by atoms with van der Waals surface area (Å²) in [6.45, 7) is 2.80. The van der Waals surface area contributed by atoms with E-state index in [4.69, 9.17) is 0 Å². The number of amides is 1. The first-order chi connectivity index (χ1) is 10.0. The quantitative estimate of drug-likeness (QED) is 0.787. The maximum absolute atomic E-state index is 12.8. The third-order valence-corrected chi connectivity index (χ3v) is 5.10. The Morgan fingerprint density at radius 2 is 1.90 bits per heavy atom. The molecule has 5 nitrogen and oxygen atoms in total. The molecule has 0 aromatic carbocycles. The fourth-order valence-electron chi connectivity index (χ4n) is 3.78. The molecule has 21 heavy (non-hydrogen) atoms. The maximum atomic E-state index is 12.8. The minimum absolute atomic E-state index is 0.0119. The van der Waals surface area contributed by atoms with Crippen molar-refractivity contribution in [3.05, 3.63) is 0 Å². The number of carbonyl (C=O) groups excluding carboxylic acids is 1. The van der Waals surface area contributed by atoms with Crippen molar-refractivity contribution in [1.29, 1.82) is 0 Å². The smallest absolute Gasteiger partial charge is 0.240 e. The lowest BCUT2D eigenvalue weighted by atomic mass is 9.97. The van der Waals surface area contributed by atoms with Gasteiger partial charge in [0.05, 0.1) is 12.7 Å². The average molecular weight is 296 g/mol. The van der Waals surface area contributed by atoms with Crippen LogP contribution < -0.4 is 5.32 Å². The molecule has 1 aliphatic carbocycles. The normalized spacial score (nSPS) is 30.1. The monoisotopic (exact) mass is 296 g/mol. The number of nitrogens with zero attached hydrogens (tertiary/aromatic N) is 3. The van der Waals surface area contributed by atoms with E-state index in [1.165, 1.54) is 25.7 Å². The molecule has 1 saturated carbocycles. The van der Waals surface area contributed by atoms with E-state index in [9.17, 15) is 4.79 Å². The molecule has 1 amide bonds. The Balaban J connectivity index is 2.02. The molecule has 1 N–H and O–H groups in total. The Labute approximate surface area is 129 Å². The van der Waals surface area contributed by atoms with Crippen molar-refractivity contribution in [2.45, 2.75) is 44.2 Å². The third kappa shape index (κ3) is 4.18. The van der Waals surface area contributed by atoms with Gasteiger partial charge >= 0.3 is 0 Å². The number of likely N-dealkylation sites (tertiary alicyclic amines) is 1. The van der Waals surface area contributed by atoms with Crippen molar-refractivity contribution < 1.29 is 4.79 Å². The summed E-state index contributed by atoms with van der Waals surface area (Å²) in [5, 5.41) is 3.22. The van der Waals surface area contributed by atoms with Crippen LogP contribution in [-0.2, 0) is 4.79 Å². The van der Waals surface area contributed by atoms with Crippen molar-refractivity contribution in [3.8, 4) is 0 Å². The molecule has 3 atom stereocenters. The van der Waals surface area contributed by atoms with E-state index in [0.29, 0.717) is 11.9 Å². The molecule has 1 saturated heterocycles. The summed E-state index contributed by atoms with van der Waals surface area (Å²) in [6, 6.07) is 0.482. The second-order valence-electron chi connectivity index (χ2n) is 7.01. The van der Waals surface area contributed by atoms with E-state index >= 15 is 0 Å². The lowest BCUT2D eigenvalue weighted by Gasteiger charge is -2.35. The zero-order chi connectivity index (χ0) is 15.4. The van der Waals surface area contributed by atoms with Crippen LogP contribution in [0.4, 0.5) is 0 Å². The maximum Gasteiger partial charge on any atom is 0.240 e. The van der Waals surface area contributed by atoms with Gasteiger partial charge in [0, 0.05) is 19.1 Å². The summed E-state index contributed by atoms with van der Waals surface area (Å²) < 4.78 is 0. The highest BCUT2D eigenvalue weighted by Crippen LogP contribution is 2.36. The van der Waals surface area contributed by atoms with Crippen LogP contribution in [0.5, 0.6) is 0 Å². The van der Waals surface area contributed by atoms with Crippen molar-refractivity contribution in [3.63, 3.8) is 0 Å². The van der Waals surface area contributed by atoms with E-state index in [-0.39, 0.29) is 6.04 Å². The summed E-state index contributed by atoms with van der Waals surface area (Å²) in [4.78, 5) is 19.5. The molecule has 5 heteroatoms. The molecule has 0 aromatic heterocycles. The number of fused-ring (bicyclic) bond motifs is 1. The summed E-state index contributed by atoms with van der Waals surface area (Å²) in [5.74, 6) is 1.03. The number of rotatable bonds is 6. The number of carbonyl (C=O) groups is 1. The molecule has 1 aliphatic heterocycles. The zero-order valence-corrected chi connectivity index (χ0v) is 14.1. The molecule has 2 fully saturated rings. The van der Waals surface area contributed by atoms with Gasteiger partial charge in [-0.2, -0.15) is 0 Å². The Hall–Kier alpha value is -0.650. The summed E-state index contributed by atoms with van der Waals surface area (Å²) in [5.41, 5.74) is 0. The second-order valence-corrected chi connectivity index (χ2v) is 7.01. The predicted octanol–water partition coefficient (Wildman–Crippen LogP) is 0.816. The second kappa shape index (κ2) is 7.56. The van der Waals surface area contributed by atoms with Gasteiger partial charge < -0.3 is 15.1 Å². The van der Waals surface area contributed by atoms with Gasteiger partial charge in [0.2, 0.25) is 5.91 Å². The first kappa shape index (κ1) is 16.7. The van der Waals surface area contributed by atoms with Crippen LogP contribution in [0.2, 0.25) is 0 Å². The van der Waals surface area contributed by atoms with Gasteiger partial charge in [0.15, 0.2) is 0 Å². The van der Waals surface area contributed by atoms with E-state index in [0.717, 1.165) is 32.1 Å². The van der Waals surface area contributed by atoms with Crippen LogP contribution >= 0.6 is 0 Å². The molecular formula is C16H32N4O. The van der Waals surface area contributed by atoms with Gasteiger partial charge in [-0.25, -0.2) is 0 Å². The number of hydrogen-bond donors (Lipinski definition) is 1. The van der Waals surface area contributed by atoms with Crippen molar-refractivity contribution in [2.24, 2.45) is 5.92 Å².